The van der Waals surface area contributed by atoms with E-state index in [0.29, 0.717) is 6.54 Å². The van der Waals surface area contributed by atoms with Gasteiger partial charge in [-0.1, -0.05) is 72.3 Å². The molecule has 2 aromatic carbocycles. The van der Waals surface area contributed by atoms with Crippen LogP contribution in [0, 0.1) is 0 Å². The SMILES string of the molecule is Cn1cnc(S(=O)(=O)NCc2cn(Cc3ccccc3)nc2-c2ccccc2)c1Cl. The fourth-order valence-electron chi connectivity index (χ4n) is 3.10. The Hall–Kier alpha value is -2.94. The van der Waals surface area contributed by atoms with E-state index in [1.807, 2.05) is 71.5 Å². The zero-order valence-electron chi connectivity index (χ0n) is 16.2. The van der Waals surface area contributed by atoms with Gasteiger partial charge in [-0.25, -0.2) is 18.1 Å². The quantitative estimate of drug-likeness (QED) is 0.476. The van der Waals surface area contributed by atoms with Gasteiger partial charge >= 0.3 is 0 Å². The lowest BCUT2D eigenvalue weighted by molar-refractivity contribution is 0.578. The molecule has 0 amide bonds. The summed E-state index contributed by atoms with van der Waals surface area (Å²) < 4.78 is 31.2. The van der Waals surface area contributed by atoms with Crippen molar-refractivity contribution in [1.29, 1.82) is 0 Å². The molecule has 9 heteroatoms. The molecule has 0 saturated carbocycles. The summed E-state index contributed by atoms with van der Waals surface area (Å²) in [6.07, 6.45) is 3.22. The number of hydrogen-bond donors (Lipinski definition) is 1. The molecule has 0 unspecified atom stereocenters. The topological polar surface area (TPSA) is 81.8 Å². The summed E-state index contributed by atoms with van der Waals surface area (Å²) in [6.45, 7) is 0.647. The number of rotatable bonds is 7. The van der Waals surface area contributed by atoms with Crippen LogP contribution in [0.5, 0.6) is 0 Å². The van der Waals surface area contributed by atoms with Crippen molar-refractivity contribution in [1.82, 2.24) is 24.1 Å². The number of aryl methyl sites for hydroxylation is 1. The molecule has 0 aliphatic heterocycles. The average molecular weight is 442 g/mol. The van der Waals surface area contributed by atoms with Gasteiger partial charge in [-0.2, -0.15) is 5.10 Å². The summed E-state index contributed by atoms with van der Waals surface area (Å²) in [5.74, 6) is 0. The summed E-state index contributed by atoms with van der Waals surface area (Å²) in [5, 5.41) is 4.58. The monoisotopic (exact) mass is 441 g/mol. The van der Waals surface area contributed by atoms with Crippen LogP contribution >= 0.6 is 11.6 Å². The number of nitrogens with zero attached hydrogens (tertiary/aromatic N) is 4. The maximum absolute atomic E-state index is 12.7. The molecule has 7 nitrogen and oxygen atoms in total. The van der Waals surface area contributed by atoms with Crippen LogP contribution in [-0.2, 0) is 30.2 Å². The standard InChI is InChI=1S/C21H20ClN5O2S/c1-26-15-23-21(20(26)22)30(28,29)24-12-18-14-27(13-16-8-4-2-5-9-16)25-19(18)17-10-6-3-7-11-17/h2-11,14-15,24H,12-13H2,1H3. The largest absolute Gasteiger partial charge is 0.324 e. The molecule has 0 spiro atoms. The summed E-state index contributed by atoms with van der Waals surface area (Å²) in [7, 11) is -2.23. The second-order valence-corrected chi connectivity index (χ2v) is 8.87. The lowest BCUT2D eigenvalue weighted by Crippen LogP contribution is -2.24. The Morgan fingerprint density at radius 3 is 2.33 bits per heavy atom. The van der Waals surface area contributed by atoms with Gasteiger partial charge in [-0.15, -0.1) is 0 Å². The number of benzene rings is 2. The van der Waals surface area contributed by atoms with Gasteiger partial charge in [0.25, 0.3) is 10.0 Å². The van der Waals surface area contributed by atoms with Crippen LogP contribution in [0.3, 0.4) is 0 Å². The third-order valence-electron chi connectivity index (χ3n) is 4.61. The van der Waals surface area contributed by atoms with E-state index in [1.165, 1.54) is 10.9 Å². The minimum atomic E-state index is -3.87. The van der Waals surface area contributed by atoms with Gasteiger partial charge < -0.3 is 4.57 Å². The molecule has 0 aliphatic rings. The summed E-state index contributed by atoms with van der Waals surface area (Å²) in [6, 6.07) is 19.6. The van der Waals surface area contributed by atoms with Crippen LogP contribution in [0.2, 0.25) is 5.15 Å². The van der Waals surface area contributed by atoms with Gasteiger partial charge in [-0.05, 0) is 5.56 Å². The van der Waals surface area contributed by atoms with E-state index in [4.69, 9.17) is 16.7 Å². The van der Waals surface area contributed by atoms with Gasteiger partial charge in [-0.3, -0.25) is 4.68 Å². The van der Waals surface area contributed by atoms with Crippen molar-refractivity contribution in [2.75, 3.05) is 0 Å². The minimum absolute atomic E-state index is 0.0607. The van der Waals surface area contributed by atoms with Gasteiger partial charge in [0.2, 0.25) is 5.03 Å². The first-order valence-electron chi connectivity index (χ1n) is 9.26. The Balaban J connectivity index is 1.63. The molecule has 0 atom stereocenters. The Kier molecular flexibility index (Phi) is 5.72. The Bertz CT molecular complexity index is 1250. The predicted molar refractivity (Wildman–Crippen MR) is 115 cm³/mol. The van der Waals surface area contributed by atoms with E-state index in [9.17, 15) is 8.42 Å². The normalized spacial score (nSPS) is 11.7. The van der Waals surface area contributed by atoms with Crippen LogP contribution in [0.15, 0.2) is 78.2 Å². The highest BCUT2D eigenvalue weighted by molar-refractivity contribution is 7.89. The maximum atomic E-state index is 12.7. The lowest BCUT2D eigenvalue weighted by atomic mass is 10.1. The van der Waals surface area contributed by atoms with E-state index < -0.39 is 10.0 Å². The van der Waals surface area contributed by atoms with Crippen molar-refractivity contribution in [3.8, 4) is 11.3 Å². The van der Waals surface area contributed by atoms with E-state index >= 15 is 0 Å². The van der Waals surface area contributed by atoms with E-state index in [-0.39, 0.29) is 16.7 Å². The van der Waals surface area contributed by atoms with Crippen LogP contribution in [0.1, 0.15) is 11.1 Å². The number of aromatic nitrogens is 4. The third kappa shape index (κ3) is 4.30. The number of nitrogens with one attached hydrogen (secondary N) is 1. The molecule has 0 aliphatic carbocycles. The van der Waals surface area contributed by atoms with E-state index in [2.05, 4.69) is 9.71 Å². The number of imidazole rings is 1. The molecule has 0 saturated heterocycles. The highest BCUT2D eigenvalue weighted by Crippen LogP contribution is 2.24. The average Bonchev–Trinajstić information content (AvgIpc) is 3.31. The molecular weight excluding hydrogens is 422 g/mol. The Morgan fingerprint density at radius 1 is 1.03 bits per heavy atom. The third-order valence-corrected chi connectivity index (χ3v) is 6.50. The highest BCUT2D eigenvalue weighted by atomic mass is 35.5. The van der Waals surface area contributed by atoms with Gasteiger partial charge in [0, 0.05) is 30.9 Å². The highest BCUT2D eigenvalue weighted by Gasteiger charge is 2.23. The van der Waals surface area contributed by atoms with Crippen LogP contribution in [-0.4, -0.2) is 27.7 Å². The van der Waals surface area contributed by atoms with Gasteiger partial charge in [0.15, 0.2) is 0 Å². The predicted octanol–water partition coefficient (Wildman–Crippen LogP) is 3.46. The molecule has 1 N–H and O–H groups in total. The molecule has 2 heterocycles. The second kappa shape index (κ2) is 8.43. The van der Waals surface area contributed by atoms with Gasteiger partial charge in [0.1, 0.15) is 5.15 Å². The zero-order valence-corrected chi connectivity index (χ0v) is 17.8. The molecule has 0 bridgehead atoms. The van der Waals surface area contributed by atoms with Crippen molar-refractivity contribution in [3.63, 3.8) is 0 Å². The van der Waals surface area contributed by atoms with E-state index in [0.717, 1.165) is 22.4 Å². The van der Waals surface area contributed by atoms with Crippen LogP contribution in [0.25, 0.3) is 11.3 Å². The van der Waals surface area contributed by atoms with Crippen molar-refractivity contribution < 1.29 is 8.42 Å². The molecule has 30 heavy (non-hydrogen) atoms. The molecule has 154 valence electrons. The summed E-state index contributed by atoms with van der Waals surface area (Å²) >= 11 is 6.06. The Labute approximate surface area is 180 Å². The van der Waals surface area contributed by atoms with Crippen molar-refractivity contribution in [2.45, 2.75) is 18.1 Å². The van der Waals surface area contributed by atoms with E-state index in [1.54, 1.807) is 7.05 Å². The Morgan fingerprint density at radius 2 is 1.70 bits per heavy atom. The van der Waals surface area contributed by atoms with Crippen molar-refractivity contribution in [2.24, 2.45) is 7.05 Å². The fraction of sp³-hybridized carbons (Fsp3) is 0.143. The first kappa shape index (κ1) is 20.3. The summed E-state index contributed by atoms with van der Waals surface area (Å²) in [5.41, 5.74) is 3.50. The smallest absolute Gasteiger partial charge is 0.261 e. The van der Waals surface area contributed by atoms with Crippen molar-refractivity contribution >= 4 is 21.6 Å². The zero-order chi connectivity index (χ0) is 21.1. The fourth-order valence-corrected chi connectivity index (χ4v) is 4.53. The molecule has 2 aromatic heterocycles. The molecule has 4 aromatic rings. The lowest BCUT2D eigenvalue weighted by Gasteiger charge is -2.06. The summed E-state index contributed by atoms with van der Waals surface area (Å²) in [4.78, 5) is 3.90. The molecule has 0 radical (unpaired) electrons. The second-order valence-electron chi connectivity index (χ2n) is 6.83. The molecule has 4 rings (SSSR count). The number of halogens is 1. The first-order valence-corrected chi connectivity index (χ1v) is 11.1. The first-order chi connectivity index (χ1) is 14.4. The van der Waals surface area contributed by atoms with Crippen molar-refractivity contribution in [3.05, 3.63) is 89.5 Å². The minimum Gasteiger partial charge on any atom is -0.324 e. The molecular formula is C21H20ClN5O2S. The maximum Gasteiger partial charge on any atom is 0.261 e. The van der Waals surface area contributed by atoms with Crippen LogP contribution < -0.4 is 4.72 Å². The molecule has 0 fully saturated rings. The van der Waals surface area contributed by atoms with Gasteiger partial charge in [0.05, 0.1) is 18.6 Å². The number of hydrogen-bond acceptors (Lipinski definition) is 4. The number of sulfonamides is 1. The van der Waals surface area contributed by atoms with Crippen LogP contribution in [0.4, 0.5) is 0 Å².